The maximum absolute atomic E-state index is 12.2. The first-order valence-electron chi connectivity index (χ1n) is 3.88. The lowest BCUT2D eigenvalue weighted by molar-refractivity contribution is -0.137. The standard InChI is InChI=1S/C9H7F3N2/c1-6(5-13)8-4-7(2-3-14-8)9(10,11)12/h2-4,6H,1H3. The minimum Gasteiger partial charge on any atom is -0.260 e. The third-order valence-corrected chi connectivity index (χ3v) is 1.75. The van der Waals surface area contributed by atoms with E-state index in [1.807, 2.05) is 6.07 Å². The summed E-state index contributed by atoms with van der Waals surface area (Å²) in [5.41, 5.74) is -0.632. The van der Waals surface area contributed by atoms with Gasteiger partial charge in [-0.2, -0.15) is 18.4 Å². The fourth-order valence-corrected chi connectivity index (χ4v) is 0.928. The molecule has 1 aromatic heterocycles. The molecular weight excluding hydrogens is 193 g/mol. The summed E-state index contributed by atoms with van der Waals surface area (Å²) in [6.45, 7) is 1.50. The van der Waals surface area contributed by atoms with Crippen molar-refractivity contribution in [3.05, 3.63) is 29.6 Å². The molecule has 1 aromatic rings. The van der Waals surface area contributed by atoms with E-state index in [9.17, 15) is 13.2 Å². The second-order valence-electron chi connectivity index (χ2n) is 2.82. The lowest BCUT2D eigenvalue weighted by Crippen LogP contribution is -2.06. The highest BCUT2D eigenvalue weighted by molar-refractivity contribution is 5.24. The van der Waals surface area contributed by atoms with E-state index in [1.54, 1.807) is 0 Å². The molecule has 14 heavy (non-hydrogen) atoms. The first kappa shape index (κ1) is 10.5. The lowest BCUT2D eigenvalue weighted by atomic mass is 10.1. The van der Waals surface area contributed by atoms with Gasteiger partial charge in [0.1, 0.15) is 0 Å². The predicted molar refractivity (Wildman–Crippen MR) is 43.3 cm³/mol. The van der Waals surface area contributed by atoms with E-state index in [1.165, 1.54) is 6.92 Å². The third kappa shape index (κ3) is 2.22. The van der Waals surface area contributed by atoms with E-state index in [4.69, 9.17) is 5.26 Å². The molecule has 0 aliphatic carbocycles. The van der Waals surface area contributed by atoms with Gasteiger partial charge in [-0.25, -0.2) is 0 Å². The van der Waals surface area contributed by atoms with Crippen LogP contribution in [0.15, 0.2) is 18.3 Å². The number of halogens is 3. The smallest absolute Gasteiger partial charge is 0.260 e. The normalized spacial score (nSPS) is 13.4. The van der Waals surface area contributed by atoms with Gasteiger partial charge in [0.2, 0.25) is 0 Å². The number of hydrogen-bond acceptors (Lipinski definition) is 2. The van der Waals surface area contributed by atoms with Crippen molar-refractivity contribution in [3.63, 3.8) is 0 Å². The number of pyridine rings is 1. The Bertz CT molecular complexity index is 365. The molecule has 1 rings (SSSR count). The van der Waals surface area contributed by atoms with Gasteiger partial charge in [-0.3, -0.25) is 4.98 Å². The van der Waals surface area contributed by atoms with Crippen molar-refractivity contribution in [3.8, 4) is 6.07 Å². The average molecular weight is 200 g/mol. The Balaban J connectivity index is 3.09. The summed E-state index contributed by atoms with van der Waals surface area (Å²) in [5.74, 6) is -0.628. The Morgan fingerprint density at radius 2 is 2.14 bits per heavy atom. The Labute approximate surface area is 79.0 Å². The van der Waals surface area contributed by atoms with Crippen LogP contribution in [0.2, 0.25) is 0 Å². The van der Waals surface area contributed by atoms with E-state index < -0.39 is 17.7 Å². The Morgan fingerprint density at radius 3 is 2.64 bits per heavy atom. The zero-order valence-electron chi connectivity index (χ0n) is 7.34. The van der Waals surface area contributed by atoms with Crippen molar-refractivity contribution in [2.75, 3.05) is 0 Å². The SMILES string of the molecule is CC(C#N)c1cc(C(F)(F)F)ccn1. The fourth-order valence-electron chi connectivity index (χ4n) is 0.928. The van der Waals surface area contributed by atoms with E-state index in [2.05, 4.69) is 4.98 Å². The predicted octanol–water partition coefficient (Wildman–Crippen LogP) is 2.73. The first-order chi connectivity index (χ1) is 6.45. The van der Waals surface area contributed by atoms with Crippen molar-refractivity contribution >= 4 is 0 Å². The van der Waals surface area contributed by atoms with Crippen LogP contribution in [0, 0.1) is 11.3 Å². The molecule has 0 radical (unpaired) electrons. The number of nitrogens with zero attached hydrogens (tertiary/aromatic N) is 2. The van der Waals surface area contributed by atoms with Crippen LogP contribution in [-0.4, -0.2) is 4.98 Å². The van der Waals surface area contributed by atoms with Gasteiger partial charge in [0.25, 0.3) is 0 Å². The summed E-state index contributed by atoms with van der Waals surface area (Å²) >= 11 is 0. The molecule has 0 N–H and O–H groups in total. The molecule has 0 bridgehead atoms. The molecule has 0 amide bonds. The molecule has 0 spiro atoms. The van der Waals surface area contributed by atoms with E-state index >= 15 is 0 Å². The van der Waals surface area contributed by atoms with Crippen molar-refractivity contribution in [2.45, 2.75) is 19.0 Å². The van der Waals surface area contributed by atoms with Gasteiger partial charge >= 0.3 is 6.18 Å². The maximum atomic E-state index is 12.2. The first-order valence-corrected chi connectivity index (χ1v) is 3.88. The van der Waals surface area contributed by atoms with Crippen molar-refractivity contribution in [2.24, 2.45) is 0 Å². The number of alkyl halides is 3. The number of hydrogen-bond donors (Lipinski definition) is 0. The third-order valence-electron chi connectivity index (χ3n) is 1.75. The summed E-state index contributed by atoms with van der Waals surface area (Å²) in [6, 6.07) is 3.61. The quantitative estimate of drug-likeness (QED) is 0.698. The molecule has 74 valence electrons. The van der Waals surface area contributed by atoms with E-state index in [-0.39, 0.29) is 5.69 Å². The highest BCUT2D eigenvalue weighted by Crippen LogP contribution is 2.30. The Morgan fingerprint density at radius 1 is 1.50 bits per heavy atom. The van der Waals surface area contributed by atoms with Gasteiger partial charge in [-0.15, -0.1) is 0 Å². The lowest BCUT2D eigenvalue weighted by Gasteiger charge is -2.08. The number of aromatic nitrogens is 1. The van der Waals surface area contributed by atoms with Crippen LogP contribution in [-0.2, 0) is 6.18 Å². The summed E-state index contributed by atoms with van der Waals surface area (Å²) in [6.07, 6.45) is -3.32. The zero-order chi connectivity index (χ0) is 10.8. The molecule has 1 atom stereocenters. The number of nitriles is 1. The minimum atomic E-state index is -4.38. The topological polar surface area (TPSA) is 36.7 Å². The van der Waals surface area contributed by atoms with Gasteiger partial charge < -0.3 is 0 Å². The molecule has 0 aromatic carbocycles. The van der Waals surface area contributed by atoms with Crippen LogP contribution in [0.25, 0.3) is 0 Å². The second kappa shape index (κ2) is 3.66. The molecular formula is C9H7F3N2. The molecule has 0 fully saturated rings. The Kier molecular flexibility index (Phi) is 2.75. The number of rotatable bonds is 1. The second-order valence-corrected chi connectivity index (χ2v) is 2.82. The average Bonchev–Trinajstić information content (AvgIpc) is 2.15. The molecule has 2 nitrogen and oxygen atoms in total. The summed E-state index contributed by atoms with van der Waals surface area (Å²) in [4.78, 5) is 3.70. The Hall–Kier alpha value is -1.57. The van der Waals surface area contributed by atoms with Gasteiger partial charge in [-0.05, 0) is 19.1 Å². The monoisotopic (exact) mass is 200 g/mol. The van der Waals surface area contributed by atoms with Crippen LogP contribution < -0.4 is 0 Å². The van der Waals surface area contributed by atoms with E-state index in [0.29, 0.717) is 0 Å². The van der Waals surface area contributed by atoms with Crippen LogP contribution >= 0.6 is 0 Å². The van der Waals surface area contributed by atoms with Crippen molar-refractivity contribution in [1.82, 2.24) is 4.98 Å². The van der Waals surface area contributed by atoms with Gasteiger partial charge in [0, 0.05) is 6.20 Å². The van der Waals surface area contributed by atoms with Crippen LogP contribution in [0.1, 0.15) is 24.1 Å². The van der Waals surface area contributed by atoms with Gasteiger partial charge in [0.05, 0.1) is 23.2 Å². The van der Waals surface area contributed by atoms with Crippen LogP contribution in [0.4, 0.5) is 13.2 Å². The fraction of sp³-hybridized carbons (Fsp3) is 0.333. The molecule has 0 saturated carbocycles. The maximum Gasteiger partial charge on any atom is 0.416 e. The van der Waals surface area contributed by atoms with Crippen LogP contribution in [0.3, 0.4) is 0 Å². The molecule has 0 aliphatic heterocycles. The van der Waals surface area contributed by atoms with E-state index in [0.717, 1.165) is 18.3 Å². The molecule has 0 aliphatic rings. The highest BCUT2D eigenvalue weighted by atomic mass is 19.4. The summed E-state index contributed by atoms with van der Waals surface area (Å²) in [7, 11) is 0. The summed E-state index contributed by atoms with van der Waals surface area (Å²) in [5, 5.41) is 8.51. The van der Waals surface area contributed by atoms with Crippen molar-refractivity contribution in [1.29, 1.82) is 5.26 Å². The zero-order valence-corrected chi connectivity index (χ0v) is 7.34. The molecule has 5 heteroatoms. The molecule has 1 unspecified atom stereocenters. The van der Waals surface area contributed by atoms with Gasteiger partial charge in [0.15, 0.2) is 0 Å². The summed E-state index contributed by atoms with van der Waals surface area (Å²) < 4.78 is 36.7. The molecule has 0 saturated heterocycles. The van der Waals surface area contributed by atoms with Crippen molar-refractivity contribution < 1.29 is 13.2 Å². The van der Waals surface area contributed by atoms with Crippen LogP contribution in [0.5, 0.6) is 0 Å². The molecule has 1 heterocycles. The minimum absolute atomic E-state index is 0.141. The largest absolute Gasteiger partial charge is 0.416 e. The highest BCUT2D eigenvalue weighted by Gasteiger charge is 2.31. The van der Waals surface area contributed by atoms with Gasteiger partial charge in [-0.1, -0.05) is 0 Å².